The molecule has 1 amide bonds. The first-order chi connectivity index (χ1) is 11.7. The molecule has 1 aliphatic heterocycles. The molecule has 6 nitrogen and oxygen atoms in total. The van der Waals surface area contributed by atoms with Gasteiger partial charge in [0.2, 0.25) is 0 Å². The summed E-state index contributed by atoms with van der Waals surface area (Å²) in [7, 11) is 1.56. The van der Waals surface area contributed by atoms with Crippen molar-refractivity contribution in [3.8, 4) is 5.75 Å². The maximum Gasteiger partial charge on any atom is 0.259 e. The second kappa shape index (κ2) is 7.21. The minimum absolute atomic E-state index is 0.187. The summed E-state index contributed by atoms with van der Waals surface area (Å²) >= 11 is 0. The summed E-state index contributed by atoms with van der Waals surface area (Å²) < 4.78 is 5.13. The number of methoxy groups -OCH3 is 1. The van der Waals surface area contributed by atoms with Crippen molar-refractivity contribution in [2.24, 2.45) is 0 Å². The van der Waals surface area contributed by atoms with Crippen LogP contribution in [0, 0.1) is 0 Å². The molecule has 0 bridgehead atoms. The highest BCUT2D eigenvalue weighted by molar-refractivity contribution is 6.07. The number of amides is 1. The lowest BCUT2D eigenvalue weighted by Crippen LogP contribution is -2.32. The first-order valence-corrected chi connectivity index (χ1v) is 8.14. The third kappa shape index (κ3) is 3.42. The Kier molecular flexibility index (Phi) is 4.84. The fourth-order valence-corrected chi connectivity index (χ4v) is 2.94. The average molecular weight is 326 g/mol. The Morgan fingerprint density at radius 2 is 2.04 bits per heavy atom. The van der Waals surface area contributed by atoms with E-state index in [0.717, 1.165) is 31.7 Å². The van der Waals surface area contributed by atoms with E-state index in [1.807, 2.05) is 0 Å². The van der Waals surface area contributed by atoms with Crippen molar-refractivity contribution < 1.29 is 9.53 Å². The zero-order valence-electron chi connectivity index (χ0n) is 13.8. The largest absolute Gasteiger partial charge is 0.495 e. The number of carbonyl (C=O) groups is 1. The van der Waals surface area contributed by atoms with E-state index in [1.54, 1.807) is 43.6 Å². The first-order valence-electron chi connectivity index (χ1n) is 8.14. The summed E-state index contributed by atoms with van der Waals surface area (Å²) in [5.74, 6) is 1.15. The predicted octanol–water partition coefficient (Wildman–Crippen LogP) is 2.92. The van der Waals surface area contributed by atoms with Gasteiger partial charge in [-0.25, -0.2) is 4.98 Å². The second-order valence-electron chi connectivity index (χ2n) is 5.83. The monoisotopic (exact) mass is 326 g/mol. The highest BCUT2D eigenvalue weighted by atomic mass is 16.5. The molecule has 6 heteroatoms. The SMILES string of the molecule is COc1ccc(NC(=O)c2cccnc2N2CCCCC2)cc1N. The molecule has 0 spiro atoms. The van der Waals surface area contributed by atoms with Crippen LogP contribution in [-0.2, 0) is 0 Å². The maximum atomic E-state index is 12.7. The lowest BCUT2D eigenvalue weighted by molar-refractivity contribution is 0.102. The Bertz CT molecular complexity index is 727. The molecule has 0 aliphatic carbocycles. The van der Waals surface area contributed by atoms with Crippen LogP contribution in [0.5, 0.6) is 5.75 Å². The molecular formula is C18H22N4O2. The number of nitrogen functional groups attached to an aromatic ring is 1. The number of nitrogens with one attached hydrogen (secondary N) is 1. The number of pyridine rings is 1. The van der Waals surface area contributed by atoms with E-state index >= 15 is 0 Å². The van der Waals surface area contributed by atoms with E-state index < -0.39 is 0 Å². The Labute approximate surface area is 141 Å². The topological polar surface area (TPSA) is 80.5 Å². The molecule has 1 aromatic heterocycles. The third-order valence-corrected chi connectivity index (χ3v) is 4.17. The molecule has 3 N–H and O–H groups in total. The molecule has 1 aromatic carbocycles. The van der Waals surface area contributed by atoms with E-state index in [4.69, 9.17) is 10.5 Å². The number of aromatic nitrogens is 1. The normalized spacial score (nSPS) is 14.3. The van der Waals surface area contributed by atoms with Crippen molar-refractivity contribution in [3.05, 3.63) is 42.1 Å². The van der Waals surface area contributed by atoms with Crippen LogP contribution in [-0.4, -0.2) is 31.1 Å². The van der Waals surface area contributed by atoms with Gasteiger partial charge < -0.3 is 20.7 Å². The standard InChI is InChI=1S/C18H22N4O2/c1-24-16-8-7-13(12-15(16)19)21-18(23)14-6-5-9-20-17(14)22-10-3-2-4-11-22/h5-9,12H,2-4,10-11,19H2,1H3,(H,21,23). The average Bonchev–Trinajstić information content (AvgIpc) is 2.62. The molecule has 0 unspecified atom stereocenters. The van der Waals surface area contributed by atoms with Crippen LogP contribution >= 0.6 is 0 Å². The molecule has 0 radical (unpaired) electrons. The van der Waals surface area contributed by atoms with Crippen molar-refractivity contribution in [1.82, 2.24) is 4.98 Å². The van der Waals surface area contributed by atoms with Gasteiger partial charge in [0.25, 0.3) is 5.91 Å². The van der Waals surface area contributed by atoms with Crippen LogP contribution in [0.4, 0.5) is 17.2 Å². The van der Waals surface area contributed by atoms with E-state index in [-0.39, 0.29) is 5.91 Å². The van der Waals surface area contributed by atoms with Crippen molar-refractivity contribution in [1.29, 1.82) is 0 Å². The summed E-state index contributed by atoms with van der Waals surface area (Å²) in [6.45, 7) is 1.87. The van der Waals surface area contributed by atoms with Crippen LogP contribution in [0.2, 0.25) is 0 Å². The number of hydrogen-bond acceptors (Lipinski definition) is 5. The van der Waals surface area contributed by atoms with Crippen LogP contribution in [0.15, 0.2) is 36.5 Å². The molecule has 2 heterocycles. The second-order valence-corrected chi connectivity index (χ2v) is 5.83. The third-order valence-electron chi connectivity index (χ3n) is 4.17. The zero-order chi connectivity index (χ0) is 16.9. The summed E-state index contributed by atoms with van der Waals surface area (Å²) in [6.07, 6.45) is 5.22. The van der Waals surface area contributed by atoms with Crippen molar-refractivity contribution in [3.63, 3.8) is 0 Å². The number of nitrogens with two attached hydrogens (primary N) is 1. The van der Waals surface area contributed by atoms with Crippen molar-refractivity contribution >= 4 is 23.1 Å². The van der Waals surface area contributed by atoms with Crippen molar-refractivity contribution in [2.45, 2.75) is 19.3 Å². The number of nitrogens with zero attached hydrogens (tertiary/aromatic N) is 2. The molecule has 3 rings (SSSR count). The fraction of sp³-hybridized carbons (Fsp3) is 0.333. The summed E-state index contributed by atoms with van der Waals surface area (Å²) in [5.41, 5.74) is 7.59. The minimum atomic E-state index is -0.187. The molecule has 0 atom stereocenters. The minimum Gasteiger partial charge on any atom is -0.495 e. The molecular weight excluding hydrogens is 304 g/mol. The molecule has 1 saturated heterocycles. The van der Waals surface area contributed by atoms with Crippen LogP contribution in [0.25, 0.3) is 0 Å². The smallest absolute Gasteiger partial charge is 0.259 e. The first kappa shape index (κ1) is 16.1. The predicted molar refractivity (Wildman–Crippen MR) is 95.7 cm³/mol. The number of benzene rings is 1. The highest BCUT2D eigenvalue weighted by Gasteiger charge is 2.19. The van der Waals surface area contributed by atoms with Gasteiger partial charge in [0.15, 0.2) is 0 Å². The number of anilines is 3. The number of ether oxygens (including phenoxy) is 1. The lowest BCUT2D eigenvalue weighted by atomic mass is 10.1. The van der Waals surface area contributed by atoms with Gasteiger partial charge in [-0.15, -0.1) is 0 Å². The van der Waals surface area contributed by atoms with Crippen molar-refractivity contribution in [2.75, 3.05) is 36.1 Å². The van der Waals surface area contributed by atoms with Crippen LogP contribution < -0.4 is 20.7 Å². The Balaban J connectivity index is 1.81. The van der Waals surface area contributed by atoms with E-state index in [9.17, 15) is 4.79 Å². The van der Waals surface area contributed by atoms with Gasteiger partial charge in [-0.2, -0.15) is 0 Å². The maximum absolute atomic E-state index is 12.7. The van der Waals surface area contributed by atoms with Crippen LogP contribution in [0.3, 0.4) is 0 Å². The molecule has 1 fully saturated rings. The molecule has 24 heavy (non-hydrogen) atoms. The molecule has 1 aliphatic rings. The zero-order valence-corrected chi connectivity index (χ0v) is 13.8. The number of carbonyl (C=O) groups excluding carboxylic acids is 1. The van der Waals surface area contributed by atoms with Gasteiger partial charge in [0, 0.05) is 25.0 Å². The van der Waals surface area contributed by atoms with E-state index in [2.05, 4.69) is 15.2 Å². The van der Waals surface area contributed by atoms with Gasteiger partial charge in [-0.1, -0.05) is 0 Å². The number of rotatable bonds is 4. The van der Waals surface area contributed by atoms with Gasteiger partial charge in [-0.3, -0.25) is 4.79 Å². The van der Waals surface area contributed by atoms with Gasteiger partial charge >= 0.3 is 0 Å². The number of piperidine rings is 1. The van der Waals surface area contributed by atoms with E-state index in [1.165, 1.54) is 6.42 Å². The van der Waals surface area contributed by atoms with Gasteiger partial charge in [-0.05, 0) is 49.6 Å². The van der Waals surface area contributed by atoms with Gasteiger partial charge in [0.05, 0.1) is 18.4 Å². The Hall–Kier alpha value is -2.76. The number of hydrogen-bond donors (Lipinski definition) is 2. The van der Waals surface area contributed by atoms with Gasteiger partial charge in [0.1, 0.15) is 11.6 Å². The van der Waals surface area contributed by atoms with E-state index in [0.29, 0.717) is 22.7 Å². The fourth-order valence-electron chi connectivity index (χ4n) is 2.94. The summed E-state index contributed by atoms with van der Waals surface area (Å²) in [5, 5.41) is 2.89. The Morgan fingerprint density at radius 1 is 1.25 bits per heavy atom. The molecule has 126 valence electrons. The summed E-state index contributed by atoms with van der Waals surface area (Å²) in [4.78, 5) is 19.3. The lowest BCUT2D eigenvalue weighted by Gasteiger charge is -2.29. The Morgan fingerprint density at radius 3 is 2.75 bits per heavy atom. The molecule has 0 saturated carbocycles. The molecule has 2 aromatic rings. The van der Waals surface area contributed by atoms with Crippen LogP contribution in [0.1, 0.15) is 29.6 Å². The highest BCUT2D eigenvalue weighted by Crippen LogP contribution is 2.26. The quantitative estimate of drug-likeness (QED) is 0.844. The summed E-state index contributed by atoms with van der Waals surface area (Å²) in [6, 6.07) is 8.78.